The molecule has 1 aliphatic rings. The fraction of sp³-hybridized carbons (Fsp3) is 0.375. The van der Waals surface area contributed by atoms with Crippen molar-refractivity contribution in [1.29, 1.82) is 0 Å². The fourth-order valence-electron chi connectivity index (χ4n) is 3.75. The summed E-state index contributed by atoms with van der Waals surface area (Å²) in [6.45, 7) is 4.78. The van der Waals surface area contributed by atoms with Gasteiger partial charge in [0.2, 0.25) is 5.91 Å². The molecule has 0 bridgehead atoms. The molecule has 4 rings (SSSR count). The smallest absolute Gasteiger partial charge is 0.237 e. The van der Waals surface area contributed by atoms with E-state index in [1.807, 2.05) is 54.3 Å². The van der Waals surface area contributed by atoms with Crippen molar-refractivity contribution in [2.45, 2.75) is 44.4 Å². The van der Waals surface area contributed by atoms with E-state index in [4.69, 9.17) is 4.74 Å². The number of nitrogens with zero attached hydrogens (tertiary/aromatic N) is 4. The van der Waals surface area contributed by atoms with Crippen LogP contribution in [0.15, 0.2) is 59.8 Å². The molecule has 0 spiro atoms. The second kappa shape index (κ2) is 9.56. The van der Waals surface area contributed by atoms with E-state index >= 15 is 0 Å². The van der Waals surface area contributed by atoms with Crippen molar-refractivity contribution in [3.8, 4) is 5.75 Å². The predicted molar refractivity (Wildman–Crippen MR) is 124 cm³/mol. The number of carbonyl (C=O) groups excluding carboxylic acids is 1. The van der Waals surface area contributed by atoms with Gasteiger partial charge in [-0.1, -0.05) is 42.1 Å². The Balaban J connectivity index is 1.49. The molecule has 1 aromatic heterocycles. The van der Waals surface area contributed by atoms with Gasteiger partial charge in [0.25, 0.3) is 0 Å². The minimum atomic E-state index is 0.0847. The lowest BCUT2D eigenvalue weighted by Gasteiger charge is -2.29. The Morgan fingerprint density at radius 2 is 1.87 bits per heavy atom. The highest BCUT2D eigenvalue weighted by molar-refractivity contribution is 7.99. The molecule has 0 aliphatic heterocycles. The lowest BCUT2D eigenvalue weighted by atomic mass is 10.1. The number of ether oxygens (including phenoxy) is 1. The fourth-order valence-corrected chi connectivity index (χ4v) is 4.59. The summed E-state index contributed by atoms with van der Waals surface area (Å²) in [6, 6.07) is 18.1. The average Bonchev–Trinajstić information content (AvgIpc) is 3.59. The Labute approximate surface area is 187 Å². The number of aromatic nitrogens is 3. The van der Waals surface area contributed by atoms with Crippen LogP contribution in [0.4, 0.5) is 5.69 Å². The lowest BCUT2D eigenvalue weighted by molar-refractivity contribution is -0.116. The largest absolute Gasteiger partial charge is 0.497 e. The number of methoxy groups -OCH3 is 1. The van der Waals surface area contributed by atoms with Crippen LogP contribution in [0.25, 0.3) is 0 Å². The molecule has 1 unspecified atom stereocenters. The molecule has 1 atom stereocenters. The molecular formula is C24H28N4O2S. The molecular weight excluding hydrogens is 408 g/mol. The van der Waals surface area contributed by atoms with E-state index in [2.05, 4.69) is 33.8 Å². The van der Waals surface area contributed by atoms with Gasteiger partial charge in [-0.3, -0.25) is 4.79 Å². The van der Waals surface area contributed by atoms with E-state index in [9.17, 15) is 4.79 Å². The third-order valence-electron chi connectivity index (χ3n) is 5.74. The lowest BCUT2D eigenvalue weighted by Crippen LogP contribution is -2.41. The quantitative estimate of drug-likeness (QED) is 0.460. The first-order valence-corrected chi connectivity index (χ1v) is 11.6. The molecule has 162 valence electrons. The predicted octanol–water partition coefficient (Wildman–Crippen LogP) is 4.57. The summed E-state index contributed by atoms with van der Waals surface area (Å²) < 4.78 is 7.34. The van der Waals surface area contributed by atoms with Crippen molar-refractivity contribution in [3.63, 3.8) is 0 Å². The Kier molecular flexibility index (Phi) is 6.61. The molecule has 3 aromatic rings. The van der Waals surface area contributed by atoms with Crippen LogP contribution >= 0.6 is 11.8 Å². The molecule has 1 aliphatic carbocycles. The number of aryl methyl sites for hydroxylation is 1. The van der Waals surface area contributed by atoms with Crippen molar-refractivity contribution < 1.29 is 9.53 Å². The molecule has 1 amide bonds. The van der Waals surface area contributed by atoms with Crippen molar-refractivity contribution in [1.82, 2.24) is 14.8 Å². The van der Waals surface area contributed by atoms with E-state index in [1.165, 1.54) is 30.2 Å². The van der Waals surface area contributed by atoms with E-state index in [-0.39, 0.29) is 11.9 Å². The topological polar surface area (TPSA) is 60.2 Å². The van der Waals surface area contributed by atoms with Crippen LogP contribution in [0.2, 0.25) is 0 Å². The minimum absolute atomic E-state index is 0.0847. The molecule has 6 nitrogen and oxygen atoms in total. The van der Waals surface area contributed by atoms with Crippen LogP contribution in [0.5, 0.6) is 5.75 Å². The molecule has 7 heteroatoms. The monoisotopic (exact) mass is 436 g/mol. The molecule has 0 radical (unpaired) electrons. The Morgan fingerprint density at radius 1 is 1.16 bits per heavy atom. The van der Waals surface area contributed by atoms with Crippen molar-refractivity contribution >= 4 is 23.4 Å². The summed E-state index contributed by atoms with van der Waals surface area (Å²) in [5, 5.41) is 9.33. The molecule has 1 fully saturated rings. The maximum atomic E-state index is 13.3. The van der Waals surface area contributed by atoms with Crippen LogP contribution in [-0.2, 0) is 11.3 Å². The van der Waals surface area contributed by atoms with Crippen LogP contribution in [0.1, 0.15) is 31.2 Å². The Bertz CT molecular complexity index is 1020. The summed E-state index contributed by atoms with van der Waals surface area (Å²) in [7, 11) is 1.65. The SMILES string of the molecule is COc1ccc(N(C(=O)CSc2nnc(C)n2Cc2ccccc2)C(C)C2CC2)cc1. The van der Waals surface area contributed by atoms with Gasteiger partial charge in [-0.05, 0) is 62.4 Å². The summed E-state index contributed by atoms with van der Waals surface area (Å²) in [4.78, 5) is 15.3. The van der Waals surface area contributed by atoms with Gasteiger partial charge in [-0.2, -0.15) is 0 Å². The third kappa shape index (κ3) is 5.10. The number of benzene rings is 2. The number of carbonyl (C=O) groups is 1. The summed E-state index contributed by atoms with van der Waals surface area (Å²) in [6.07, 6.45) is 2.36. The number of anilines is 1. The van der Waals surface area contributed by atoms with E-state index < -0.39 is 0 Å². The van der Waals surface area contributed by atoms with Crippen LogP contribution in [0, 0.1) is 12.8 Å². The van der Waals surface area contributed by atoms with Gasteiger partial charge in [-0.15, -0.1) is 10.2 Å². The highest BCUT2D eigenvalue weighted by atomic mass is 32.2. The van der Waals surface area contributed by atoms with Crippen molar-refractivity contribution in [2.75, 3.05) is 17.8 Å². The van der Waals surface area contributed by atoms with Gasteiger partial charge < -0.3 is 14.2 Å². The normalized spacial score (nSPS) is 14.3. The number of thioether (sulfide) groups is 1. The zero-order valence-electron chi connectivity index (χ0n) is 18.2. The van der Waals surface area contributed by atoms with E-state index in [0.29, 0.717) is 18.2 Å². The summed E-state index contributed by atoms with van der Waals surface area (Å²) in [5.74, 6) is 2.60. The van der Waals surface area contributed by atoms with Gasteiger partial charge in [0.1, 0.15) is 11.6 Å². The standard InChI is InChI=1S/C24H28N4O2S/c1-17(20-9-10-20)28(21-11-13-22(30-3)14-12-21)23(29)16-31-24-26-25-18(2)27(24)15-19-7-5-4-6-8-19/h4-8,11-14,17,20H,9-10,15-16H2,1-3H3. The Hall–Kier alpha value is -2.80. The molecule has 0 saturated heterocycles. The number of hydrogen-bond donors (Lipinski definition) is 0. The van der Waals surface area contributed by atoms with Crippen LogP contribution in [-0.4, -0.2) is 39.6 Å². The minimum Gasteiger partial charge on any atom is -0.497 e. The first-order valence-electron chi connectivity index (χ1n) is 10.6. The van der Waals surface area contributed by atoms with Gasteiger partial charge in [-0.25, -0.2) is 0 Å². The number of amides is 1. The second-order valence-electron chi connectivity index (χ2n) is 7.93. The van der Waals surface area contributed by atoms with Gasteiger partial charge in [0, 0.05) is 11.7 Å². The van der Waals surface area contributed by atoms with Gasteiger partial charge in [0.05, 0.1) is 19.4 Å². The maximum Gasteiger partial charge on any atom is 0.237 e. The second-order valence-corrected chi connectivity index (χ2v) is 8.87. The molecule has 2 aromatic carbocycles. The first kappa shape index (κ1) is 21.4. The molecule has 0 N–H and O–H groups in total. The van der Waals surface area contributed by atoms with E-state index in [1.54, 1.807) is 7.11 Å². The highest BCUT2D eigenvalue weighted by Crippen LogP contribution is 2.37. The molecule has 1 heterocycles. The average molecular weight is 437 g/mol. The van der Waals surface area contributed by atoms with Gasteiger partial charge in [0.15, 0.2) is 5.16 Å². The Morgan fingerprint density at radius 3 is 2.52 bits per heavy atom. The summed E-state index contributed by atoms with van der Waals surface area (Å²) >= 11 is 1.45. The number of hydrogen-bond acceptors (Lipinski definition) is 5. The molecule has 1 saturated carbocycles. The zero-order chi connectivity index (χ0) is 21.8. The third-order valence-corrected chi connectivity index (χ3v) is 6.69. The van der Waals surface area contributed by atoms with Crippen molar-refractivity contribution in [3.05, 3.63) is 66.0 Å². The molecule has 31 heavy (non-hydrogen) atoms. The van der Waals surface area contributed by atoms with Crippen molar-refractivity contribution in [2.24, 2.45) is 5.92 Å². The van der Waals surface area contributed by atoms with E-state index in [0.717, 1.165) is 22.4 Å². The van der Waals surface area contributed by atoms with Crippen LogP contribution < -0.4 is 9.64 Å². The maximum absolute atomic E-state index is 13.3. The first-order chi connectivity index (χ1) is 15.1. The highest BCUT2D eigenvalue weighted by Gasteiger charge is 2.35. The van der Waals surface area contributed by atoms with Gasteiger partial charge >= 0.3 is 0 Å². The zero-order valence-corrected chi connectivity index (χ0v) is 19.0. The van der Waals surface area contributed by atoms with Crippen LogP contribution in [0.3, 0.4) is 0 Å². The summed E-state index contributed by atoms with van der Waals surface area (Å²) in [5.41, 5.74) is 2.09. The number of rotatable bonds is 9.